The predicted octanol–water partition coefficient (Wildman–Crippen LogP) is 3.35. The molecule has 0 saturated carbocycles. The third-order valence-corrected chi connectivity index (χ3v) is 2.17. The van der Waals surface area contributed by atoms with Crippen LogP contribution in [0.15, 0.2) is 30.4 Å². The van der Waals surface area contributed by atoms with E-state index in [9.17, 15) is 13.9 Å². The van der Waals surface area contributed by atoms with E-state index in [4.69, 9.17) is 0 Å². The van der Waals surface area contributed by atoms with Crippen molar-refractivity contribution < 1.29 is 13.9 Å². The van der Waals surface area contributed by atoms with Crippen LogP contribution in [-0.4, -0.2) is 5.11 Å². The Morgan fingerprint density at radius 1 is 1.40 bits per heavy atom. The number of aliphatic hydroxyl groups excluding tert-OH is 1. The van der Waals surface area contributed by atoms with Crippen LogP contribution in [-0.2, 0) is 0 Å². The van der Waals surface area contributed by atoms with Crippen LogP contribution in [0.4, 0.5) is 8.78 Å². The second-order valence-corrected chi connectivity index (χ2v) is 3.69. The molecule has 82 valence electrons. The third kappa shape index (κ3) is 3.44. The molecule has 0 aromatic heterocycles. The van der Waals surface area contributed by atoms with Gasteiger partial charge in [0, 0.05) is 0 Å². The van der Waals surface area contributed by atoms with E-state index in [0.717, 1.165) is 17.7 Å². The number of benzene rings is 1. The molecule has 1 unspecified atom stereocenters. The van der Waals surface area contributed by atoms with E-state index in [1.54, 1.807) is 0 Å². The van der Waals surface area contributed by atoms with E-state index in [0.29, 0.717) is 18.4 Å². The molecule has 1 aromatic rings. The van der Waals surface area contributed by atoms with Crippen molar-refractivity contribution in [1.82, 2.24) is 0 Å². The lowest BCUT2D eigenvalue weighted by atomic mass is 10.0. The Kier molecular flexibility index (Phi) is 3.97. The van der Waals surface area contributed by atoms with Crippen molar-refractivity contribution in [2.75, 3.05) is 0 Å². The van der Waals surface area contributed by atoms with Crippen molar-refractivity contribution in [2.45, 2.75) is 25.9 Å². The zero-order chi connectivity index (χ0) is 11.4. The smallest absolute Gasteiger partial charge is 0.159 e. The fourth-order valence-electron chi connectivity index (χ4n) is 1.27. The van der Waals surface area contributed by atoms with Gasteiger partial charge in [0.25, 0.3) is 0 Å². The van der Waals surface area contributed by atoms with E-state index < -0.39 is 17.7 Å². The number of allylic oxidation sites excluding steroid dienone is 1. The highest BCUT2D eigenvalue weighted by Gasteiger charge is 2.10. The average Bonchev–Trinajstić information content (AvgIpc) is 2.18. The van der Waals surface area contributed by atoms with Crippen LogP contribution in [0.5, 0.6) is 0 Å². The molecule has 0 bridgehead atoms. The minimum atomic E-state index is -0.929. The van der Waals surface area contributed by atoms with E-state index in [-0.39, 0.29) is 0 Å². The standard InChI is InChI=1S/C12H14F2O/c1-8(2)3-6-12(15)9-4-5-10(13)11(14)7-9/h4-5,7,12,15H,1,3,6H2,2H3. The highest BCUT2D eigenvalue weighted by Crippen LogP contribution is 2.21. The van der Waals surface area contributed by atoms with Gasteiger partial charge in [0.2, 0.25) is 0 Å². The van der Waals surface area contributed by atoms with Gasteiger partial charge >= 0.3 is 0 Å². The fourth-order valence-corrected chi connectivity index (χ4v) is 1.27. The molecular weight excluding hydrogens is 198 g/mol. The van der Waals surface area contributed by atoms with Gasteiger partial charge in [-0.15, -0.1) is 6.58 Å². The summed E-state index contributed by atoms with van der Waals surface area (Å²) in [5.41, 5.74) is 1.35. The largest absolute Gasteiger partial charge is 0.388 e. The van der Waals surface area contributed by atoms with E-state index in [1.165, 1.54) is 6.07 Å². The molecule has 0 amide bonds. The van der Waals surface area contributed by atoms with Gasteiger partial charge in [0.05, 0.1) is 6.10 Å². The third-order valence-electron chi connectivity index (χ3n) is 2.17. The fraction of sp³-hybridized carbons (Fsp3) is 0.333. The Hall–Kier alpha value is -1.22. The molecule has 0 fully saturated rings. The molecule has 1 N–H and O–H groups in total. The Morgan fingerprint density at radius 3 is 2.60 bits per heavy atom. The molecule has 0 aliphatic carbocycles. The summed E-state index contributed by atoms with van der Waals surface area (Å²) in [6.07, 6.45) is 0.373. The lowest BCUT2D eigenvalue weighted by Gasteiger charge is -2.10. The minimum absolute atomic E-state index is 0.398. The van der Waals surface area contributed by atoms with Crippen molar-refractivity contribution >= 4 is 0 Å². The maximum Gasteiger partial charge on any atom is 0.159 e. The summed E-state index contributed by atoms with van der Waals surface area (Å²) >= 11 is 0. The van der Waals surface area contributed by atoms with Crippen molar-refractivity contribution in [1.29, 1.82) is 0 Å². The summed E-state index contributed by atoms with van der Waals surface area (Å²) in [4.78, 5) is 0. The van der Waals surface area contributed by atoms with Crippen LogP contribution in [0.25, 0.3) is 0 Å². The number of hydrogen-bond donors (Lipinski definition) is 1. The first kappa shape index (κ1) is 11.9. The van der Waals surface area contributed by atoms with Crippen molar-refractivity contribution in [3.63, 3.8) is 0 Å². The highest BCUT2D eigenvalue weighted by atomic mass is 19.2. The van der Waals surface area contributed by atoms with Crippen LogP contribution in [0.1, 0.15) is 31.4 Å². The molecule has 1 atom stereocenters. The molecule has 1 aromatic carbocycles. The summed E-state index contributed by atoms with van der Waals surface area (Å²) < 4.78 is 25.4. The Morgan fingerprint density at radius 2 is 2.07 bits per heavy atom. The number of hydrogen-bond acceptors (Lipinski definition) is 1. The van der Waals surface area contributed by atoms with Crippen LogP contribution >= 0.6 is 0 Å². The summed E-state index contributed by atoms with van der Waals surface area (Å²) in [6.45, 7) is 5.57. The van der Waals surface area contributed by atoms with Crippen LogP contribution < -0.4 is 0 Å². The van der Waals surface area contributed by atoms with Gasteiger partial charge < -0.3 is 5.11 Å². The number of halogens is 2. The van der Waals surface area contributed by atoms with E-state index >= 15 is 0 Å². The molecule has 0 spiro atoms. The Bertz CT molecular complexity index is 361. The summed E-state index contributed by atoms with van der Waals surface area (Å²) in [6, 6.07) is 3.44. The van der Waals surface area contributed by atoms with Crippen LogP contribution in [0, 0.1) is 11.6 Å². The summed E-state index contributed by atoms with van der Waals surface area (Å²) in [5.74, 6) is -1.83. The van der Waals surface area contributed by atoms with Gasteiger partial charge in [-0.2, -0.15) is 0 Å². The Balaban J connectivity index is 2.69. The normalized spacial score (nSPS) is 12.5. The van der Waals surface area contributed by atoms with Crippen LogP contribution in [0.3, 0.4) is 0 Å². The lowest BCUT2D eigenvalue weighted by molar-refractivity contribution is 0.167. The monoisotopic (exact) mass is 212 g/mol. The van der Waals surface area contributed by atoms with Gasteiger partial charge in [0.15, 0.2) is 11.6 Å². The SMILES string of the molecule is C=C(C)CCC(O)c1ccc(F)c(F)c1. The molecule has 3 heteroatoms. The molecular formula is C12H14F2O. The number of rotatable bonds is 4. The maximum absolute atomic E-state index is 12.8. The maximum atomic E-state index is 12.8. The first-order valence-corrected chi connectivity index (χ1v) is 4.78. The van der Waals surface area contributed by atoms with Gasteiger partial charge in [-0.1, -0.05) is 11.6 Å². The molecule has 1 nitrogen and oxygen atoms in total. The highest BCUT2D eigenvalue weighted by molar-refractivity contribution is 5.20. The first-order chi connectivity index (χ1) is 7.00. The van der Waals surface area contributed by atoms with Crippen molar-refractivity contribution in [3.05, 3.63) is 47.5 Å². The molecule has 1 rings (SSSR count). The molecule has 0 aliphatic heterocycles. The topological polar surface area (TPSA) is 20.2 Å². The first-order valence-electron chi connectivity index (χ1n) is 4.78. The van der Waals surface area contributed by atoms with E-state index in [2.05, 4.69) is 6.58 Å². The van der Waals surface area contributed by atoms with Gasteiger partial charge in [-0.25, -0.2) is 8.78 Å². The van der Waals surface area contributed by atoms with Gasteiger partial charge in [-0.05, 0) is 37.5 Å². The Labute approximate surface area is 88.1 Å². The van der Waals surface area contributed by atoms with E-state index in [1.807, 2.05) is 6.92 Å². The zero-order valence-corrected chi connectivity index (χ0v) is 8.63. The average molecular weight is 212 g/mol. The summed E-state index contributed by atoms with van der Waals surface area (Å²) in [5, 5.41) is 9.65. The molecule has 0 aliphatic rings. The van der Waals surface area contributed by atoms with Crippen molar-refractivity contribution in [2.24, 2.45) is 0 Å². The zero-order valence-electron chi connectivity index (χ0n) is 8.63. The summed E-state index contributed by atoms with van der Waals surface area (Å²) in [7, 11) is 0. The van der Waals surface area contributed by atoms with Gasteiger partial charge in [0.1, 0.15) is 0 Å². The quantitative estimate of drug-likeness (QED) is 0.759. The molecule has 0 radical (unpaired) electrons. The predicted molar refractivity (Wildman–Crippen MR) is 55.4 cm³/mol. The lowest BCUT2D eigenvalue weighted by Crippen LogP contribution is -1.99. The minimum Gasteiger partial charge on any atom is -0.388 e. The molecule has 0 heterocycles. The molecule has 0 saturated heterocycles. The number of aliphatic hydroxyl groups is 1. The van der Waals surface area contributed by atoms with Crippen molar-refractivity contribution in [3.8, 4) is 0 Å². The van der Waals surface area contributed by atoms with Crippen LogP contribution in [0.2, 0.25) is 0 Å². The van der Waals surface area contributed by atoms with Gasteiger partial charge in [-0.3, -0.25) is 0 Å². The molecule has 15 heavy (non-hydrogen) atoms. The second kappa shape index (κ2) is 5.03. The second-order valence-electron chi connectivity index (χ2n) is 3.69.